The second-order valence-electron chi connectivity index (χ2n) is 6.15. The largest absolute Gasteiger partial charge is 0.466 e. The Morgan fingerprint density at radius 2 is 2.10 bits per heavy atom. The number of carbonyl (C=O) groups excluding carboxylic acids is 1. The smallest absolute Gasteiger partial charge is 0.236 e. The molecule has 1 aliphatic rings. The summed E-state index contributed by atoms with van der Waals surface area (Å²) >= 11 is 0. The van der Waals surface area contributed by atoms with Crippen molar-refractivity contribution in [1.82, 2.24) is 9.80 Å². The van der Waals surface area contributed by atoms with Gasteiger partial charge in [0.1, 0.15) is 11.5 Å². The molecule has 1 aliphatic heterocycles. The van der Waals surface area contributed by atoms with Crippen LogP contribution in [-0.4, -0.2) is 48.4 Å². The Balaban J connectivity index is 1.74. The molecule has 1 aromatic rings. The van der Waals surface area contributed by atoms with Crippen molar-refractivity contribution in [2.45, 2.75) is 46.0 Å². The number of unbranched alkanes of at least 4 members (excludes halogenated alkanes) is 1. The first-order chi connectivity index (χ1) is 10.1. The highest BCUT2D eigenvalue weighted by atomic mass is 16.3. The number of carbonyl (C=O) groups is 1. The molecule has 0 aliphatic carbocycles. The van der Waals surface area contributed by atoms with E-state index in [9.17, 15) is 4.79 Å². The summed E-state index contributed by atoms with van der Waals surface area (Å²) in [7, 11) is 0. The molecule has 0 spiro atoms. The van der Waals surface area contributed by atoms with Crippen molar-refractivity contribution in [3.05, 3.63) is 23.7 Å². The molecule has 0 N–H and O–H groups in total. The highest BCUT2D eigenvalue weighted by Crippen LogP contribution is 2.21. The van der Waals surface area contributed by atoms with E-state index < -0.39 is 0 Å². The van der Waals surface area contributed by atoms with E-state index in [4.69, 9.17) is 4.42 Å². The van der Waals surface area contributed by atoms with Gasteiger partial charge in [-0.05, 0) is 38.4 Å². The first-order valence-electron chi connectivity index (χ1n) is 8.16. The average molecular weight is 292 g/mol. The van der Waals surface area contributed by atoms with E-state index in [0.29, 0.717) is 12.5 Å². The molecule has 21 heavy (non-hydrogen) atoms. The normalized spacial score (nSPS) is 18.2. The van der Waals surface area contributed by atoms with Gasteiger partial charge in [-0.1, -0.05) is 20.3 Å². The lowest BCUT2D eigenvalue weighted by atomic mass is 10.0. The first-order valence-corrected chi connectivity index (χ1v) is 8.16. The minimum Gasteiger partial charge on any atom is -0.466 e. The Bertz CT molecular complexity index is 455. The zero-order valence-electron chi connectivity index (χ0n) is 13.6. The van der Waals surface area contributed by atoms with Gasteiger partial charge in [-0.25, -0.2) is 0 Å². The van der Waals surface area contributed by atoms with Crippen LogP contribution in [0.4, 0.5) is 0 Å². The Labute approximate surface area is 128 Å². The van der Waals surface area contributed by atoms with Crippen LogP contribution in [0.15, 0.2) is 16.5 Å². The maximum Gasteiger partial charge on any atom is 0.236 e. The summed E-state index contributed by atoms with van der Waals surface area (Å²) in [6.45, 7) is 10.7. The zero-order chi connectivity index (χ0) is 15.2. The third kappa shape index (κ3) is 4.60. The fourth-order valence-electron chi connectivity index (χ4n) is 2.77. The predicted molar refractivity (Wildman–Crippen MR) is 84.4 cm³/mol. The Hall–Kier alpha value is -1.29. The van der Waals surface area contributed by atoms with Gasteiger partial charge >= 0.3 is 0 Å². The lowest BCUT2D eigenvalue weighted by Crippen LogP contribution is -2.50. The van der Waals surface area contributed by atoms with Crippen molar-refractivity contribution in [1.29, 1.82) is 0 Å². The second kappa shape index (κ2) is 7.64. The maximum absolute atomic E-state index is 12.1. The van der Waals surface area contributed by atoms with E-state index in [1.165, 1.54) is 0 Å². The highest BCUT2D eigenvalue weighted by molar-refractivity contribution is 5.79. The van der Waals surface area contributed by atoms with E-state index in [1.807, 2.05) is 17.9 Å². The molecule has 0 saturated carbocycles. The summed E-state index contributed by atoms with van der Waals surface area (Å²) < 4.78 is 5.67. The van der Waals surface area contributed by atoms with Crippen molar-refractivity contribution < 1.29 is 9.21 Å². The molecular weight excluding hydrogens is 264 g/mol. The molecule has 4 nitrogen and oxygen atoms in total. The monoisotopic (exact) mass is 292 g/mol. The minimum absolute atomic E-state index is 0.288. The number of hydrogen-bond acceptors (Lipinski definition) is 3. The van der Waals surface area contributed by atoms with Gasteiger partial charge in [0.25, 0.3) is 0 Å². The zero-order valence-corrected chi connectivity index (χ0v) is 13.6. The van der Waals surface area contributed by atoms with Gasteiger partial charge in [-0.2, -0.15) is 0 Å². The van der Waals surface area contributed by atoms with Crippen LogP contribution in [0.2, 0.25) is 0 Å². The number of rotatable bonds is 7. The second-order valence-corrected chi connectivity index (χ2v) is 6.15. The summed E-state index contributed by atoms with van der Waals surface area (Å²) in [4.78, 5) is 16.4. The van der Waals surface area contributed by atoms with Crippen molar-refractivity contribution in [3.8, 4) is 0 Å². The fraction of sp³-hybridized carbons (Fsp3) is 0.706. The molecular formula is C17H28N2O2. The molecule has 4 heteroatoms. The van der Waals surface area contributed by atoms with E-state index in [0.717, 1.165) is 57.0 Å². The summed E-state index contributed by atoms with van der Waals surface area (Å²) in [5.41, 5.74) is 0. The van der Waals surface area contributed by atoms with Crippen molar-refractivity contribution >= 4 is 5.91 Å². The van der Waals surface area contributed by atoms with E-state index >= 15 is 0 Å². The molecule has 2 rings (SSSR count). The quantitative estimate of drug-likeness (QED) is 0.775. The molecule has 0 bridgehead atoms. The van der Waals surface area contributed by atoms with Crippen LogP contribution in [-0.2, 0) is 4.79 Å². The summed E-state index contributed by atoms with van der Waals surface area (Å²) in [6, 6.07) is 4.08. The average Bonchev–Trinajstić information content (AvgIpc) is 2.90. The van der Waals surface area contributed by atoms with E-state index in [1.54, 1.807) is 0 Å². The molecule has 0 unspecified atom stereocenters. The van der Waals surface area contributed by atoms with Gasteiger partial charge in [0, 0.05) is 25.6 Å². The number of furan rings is 1. The summed E-state index contributed by atoms with van der Waals surface area (Å²) in [5, 5.41) is 0. The minimum atomic E-state index is 0.288. The van der Waals surface area contributed by atoms with Gasteiger partial charge in [-0.15, -0.1) is 0 Å². The van der Waals surface area contributed by atoms with Crippen molar-refractivity contribution in [2.24, 2.45) is 0 Å². The highest BCUT2D eigenvalue weighted by Gasteiger charge is 2.23. The van der Waals surface area contributed by atoms with Gasteiger partial charge < -0.3 is 9.32 Å². The maximum atomic E-state index is 12.1. The van der Waals surface area contributed by atoms with Crippen molar-refractivity contribution in [3.63, 3.8) is 0 Å². The van der Waals surface area contributed by atoms with E-state index in [2.05, 4.69) is 24.8 Å². The van der Waals surface area contributed by atoms with Gasteiger partial charge in [0.05, 0.1) is 6.54 Å². The molecule has 1 fully saturated rings. The molecule has 2 heterocycles. The fourth-order valence-corrected chi connectivity index (χ4v) is 2.77. The van der Waals surface area contributed by atoms with Gasteiger partial charge in [0.15, 0.2) is 0 Å². The third-order valence-electron chi connectivity index (χ3n) is 4.30. The molecule has 1 atom stereocenters. The molecule has 1 aromatic heterocycles. The lowest BCUT2D eigenvalue weighted by molar-refractivity contribution is -0.136. The van der Waals surface area contributed by atoms with Crippen LogP contribution in [0.25, 0.3) is 0 Å². The lowest BCUT2D eigenvalue weighted by Gasteiger charge is -2.34. The SMILES string of the molecule is CCCCN1CCN(CC[C@@H](C)c2ccc(C)o2)CC1=O. The number of nitrogens with zero attached hydrogens (tertiary/aromatic N) is 2. The van der Waals surface area contributed by atoms with E-state index in [-0.39, 0.29) is 5.91 Å². The first kappa shape index (κ1) is 16.1. The molecule has 118 valence electrons. The molecule has 1 amide bonds. The Morgan fingerprint density at radius 3 is 2.71 bits per heavy atom. The van der Waals surface area contributed by atoms with Crippen LogP contribution in [0.1, 0.15) is 50.5 Å². The van der Waals surface area contributed by atoms with Gasteiger partial charge in [-0.3, -0.25) is 9.69 Å². The summed E-state index contributed by atoms with van der Waals surface area (Å²) in [5.74, 6) is 2.72. The standard InChI is InChI=1S/C17H28N2O2/c1-4-5-9-19-12-11-18(13-17(19)20)10-8-14(2)16-7-6-15(3)21-16/h6-7,14H,4-5,8-13H2,1-3H3/t14-/m1/s1. The number of hydrogen-bond donors (Lipinski definition) is 0. The third-order valence-corrected chi connectivity index (χ3v) is 4.30. The van der Waals surface area contributed by atoms with Gasteiger partial charge in [0.2, 0.25) is 5.91 Å². The van der Waals surface area contributed by atoms with Crippen LogP contribution in [0.5, 0.6) is 0 Å². The van der Waals surface area contributed by atoms with Crippen molar-refractivity contribution in [2.75, 3.05) is 32.7 Å². The number of piperazine rings is 1. The molecule has 1 saturated heterocycles. The summed E-state index contributed by atoms with van der Waals surface area (Å²) in [6.07, 6.45) is 3.30. The Morgan fingerprint density at radius 1 is 1.29 bits per heavy atom. The van der Waals surface area contributed by atoms with Crippen LogP contribution >= 0.6 is 0 Å². The number of aryl methyl sites for hydroxylation is 1. The van der Waals surface area contributed by atoms with Crippen LogP contribution in [0, 0.1) is 6.92 Å². The van der Waals surface area contributed by atoms with Crippen LogP contribution in [0.3, 0.4) is 0 Å². The Kier molecular flexibility index (Phi) is 5.85. The topological polar surface area (TPSA) is 36.7 Å². The molecule has 0 radical (unpaired) electrons. The predicted octanol–water partition coefficient (Wildman–Crippen LogP) is 3.03. The number of amides is 1. The molecule has 0 aromatic carbocycles. The van der Waals surface area contributed by atoms with Crippen LogP contribution < -0.4 is 0 Å².